The lowest BCUT2D eigenvalue weighted by Gasteiger charge is -2.21. The van der Waals surface area contributed by atoms with Crippen molar-refractivity contribution < 1.29 is 9.53 Å². The highest BCUT2D eigenvalue weighted by Gasteiger charge is 2.30. The molecule has 1 saturated carbocycles. The van der Waals surface area contributed by atoms with Crippen molar-refractivity contribution in [1.29, 1.82) is 5.26 Å². The summed E-state index contributed by atoms with van der Waals surface area (Å²) in [6.45, 7) is 2.18. The largest absolute Gasteiger partial charge is 0.468 e. The SMILES string of the molecule is CCS[C@@H]1CC[C@H](N[C@H](C(=O)OC)c2cccc(C#N)c2)C1. The summed E-state index contributed by atoms with van der Waals surface area (Å²) in [7, 11) is 1.40. The van der Waals surface area contributed by atoms with Gasteiger partial charge in [0.15, 0.2) is 0 Å². The van der Waals surface area contributed by atoms with Gasteiger partial charge in [-0.2, -0.15) is 17.0 Å². The molecule has 3 atom stereocenters. The number of thioether (sulfide) groups is 1. The number of esters is 1. The predicted octanol–water partition coefficient (Wildman–Crippen LogP) is 3.04. The minimum absolute atomic E-state index is 0.304. The lowest BCUT2D eigenvalue weighted by Crippen LogP contribution is -2.36. The molecule has 1 aliphatic rings. The molecule has 2 rings (SSSR count). The van der Waals surface area contributed by atoms with Crippen LogP contribution in [0.15, 0.2) is 24.3 Å². The lowest BCUT2D eigenvalue weighted by atomic mass is 10.0. The van der Waals surface area contributed by atoms with E-state index in [-0.39, 0.29) is 5.97 Å². The van der Waals surface area contributed by atoms with Crippen LogP contribution in [-0.2, 0) is 9.53 Å². The molecule has 1 fully saturated rings. The van der Waals surface area contributed by atoms with E-state index in [1.807, 2.05) is 17.8 Å². The zero-order chi connectivity index (χ0) is 15.9. The van der Waals surface area contributed by atoms with Crippen molar-refractivity contribution in [2.24, 2.45) is 0 Å². The fraction of sp³-hybridized carbons (Fsp3) is 0.529. The van der Waals surface area contributed by atoms with E-state index in [4.69, 9.17) is 10.00 Å². The molecule has 0 bridgehead atoms. The number of nitrogens with zero attached hydrogens (tertiary/aromatic N) is 1. The van der Waals surface area contributed by atoms with E-state index in [1.165, 1.54) is 13.5 Å². The molecular weight excluding hydrogens is 296 g/mol. The Morgan fingerprint density at radius 1 is 1.55 bits per heavy atom. The molecule has 0 saturated heterocycles. The summed E-state index contributed by atoms with van der Waals surface area (Å²) in [4.78, 5) is 12.1. The van der Waals surface area contributed by atoms with E-state index < -0.39 is 6.04 Å². The summed E-state index contributed by atoms with van der Waals surface area (Å²) in [6.07, 6.45) is 3.33. The van der Waals surface area contributed by atoms with Gasteiger partial charge in [0.1, 0.15) is 6.04 Å². The maximum Gasteiger partial charge on any atom is 0.327 e. The molecule has 5 heteroatoms. The van der Waals surface area contributed by atoms with Crippen LogP contribution >= 0.6 is 11.8 Å². The van der Waals surface area contributed by atoms with Crippen molar-refractivity contribution in [3.63, 3.8) is 0 Å². The number of nitriles is 1. The van der Waals surface area contributed by atoms with Crippen molar-refractivity contribution in [2.45, 2.75) is 43.5 Å². The molecule has 1 aromatic rings. The monoisotopic (exact) mass is 318 g/mol. The molecule has 0 spiro atoms. The summed E-state index contributed by atoms with van der Waals surface area (Å²) in [5, 5.41) is 13.1. The zero-order valence-electron chi connectivity index (χ0n) is 13.0. The van der Waals surface area contributed by atoms with E-state index in [0.717, 1.165) is 24.2 Å². The highest BCUT2D eigenvalue weighted by molar-refractivity contribution is 7.99. The molecule has 0 unspecified atom stereocenters. The maximum atomic E-state index is 12.1. The third-order valence-electron chi connectivity index (χ3n) is 3.98. The van der Waals surface area contributed by atoms with Gasteiger partial charge in [-0.3, -0.25) is 5.32 Å². The highest BCUT2D eigenvalue weighted by Crippen LogP contribution is 2.31. The number of methoxy groups -OCH3 is 1. The van der Waals surface area contributed by atoms with Gasteiger partial charge >= 0.3 is 5.97 Å². The van der Waals surface area contributed by atoms with Gasteiger partial charge in [0, 0.05) is 11.3 Å². The van der Waals surface area contributed by atoms with Crippen molar-refractivity contribution in [3.05, 3.63) is 35.4 Å². The number of carbonyl (C=O) groups excluding carboxylic acids is 1. The fourth-order valence-electron chi connectivity index (χ4n) is 2.92. The minimum Gasteiger partial charge on any atom is -0.468 e. The van der Waals surface area contributed by atoms with Crippen LogP contribution in [0, 0.1) is 11.3 Å². The fourth-order valence-corrected chi connectivity index (χ4v) is 4.06. The number of hydrogen-bond acceptors (Lipinski definition) is 5. The Morgan fingerprint density at radius 3 is 3.05 bits per heavy atom. The molecule has 22 heavy (non-hydrogen) atoms. The Balaban J connectivity index is 2.10. The van der Waals surface area contributed by atoms with Crippen LogP contribution in [0.5, 0.6) is 0 Å². The standard InChI is InChI=1S/C17H22N2O2S/c1-3-22-15-8-7-14(10-15)19-16(17(20)21-2)13-6-4-5-12(9-13)11-18/h4-6,9,14-16,19H,3,7-8,10H2,1-2H3/t14-,15+,16-/m0/s1. The van der Waals surface area contributed by atoms with Crippen LogP contribution < -0.4 is 5.32 Å². The van der Waals surface area contributed by atoms with E-state index in [0.29, 0.717) is 16.9 Å². The van der Waals surface area contributed by atoms with Gasteiger partial charge in [-0.05, 0) is 42.7 Å². The van der Waals surface area contributed by atoms with Gasteiger partial charge in [0.25, 0.3) is 0 Å². The summed E-state index contributed by atoms with van der Waals surface area (Å²) in [5.74, 6) is 0.823. The molecule has 1 aliphatic carbocycles. The normalized spacial score (nSPS) is 22.0. The van der Waals surface area contributed by atoms with Crippen molar-refractivity contribution in [2.75, 3.05) is 12.9 Å². The van der Waals surface area contributed by atoms with E-state index in [2.05, 4.69) is 18.3 Å². The van der Waals surface area contributed by atoms with Crippen LogP contribution in [0.4, 0.5) is 0 Å². The first-order chi connectivity index (χ1) is 10.7. The Hall–Kier alpha value is -1.51. The Labute approximate surface area is 136 Å². The molecule has 0 radical (unpaired) electrons. The van der Waals surface area contributed by atoms with Gasteiger partial charge in [0.05, 0.1) is 18.7 Å². The Bertz CT molecular complexity index is 556. The maximum absolute atomic E-state index is 12.1. The minimum atomic E-state index is -0.506. The third-order valence-corrected chi connectivity index (χ3v) is 5.21. The second kappa shape index (κ2) is 8.21. The summed E-state index contributed by atoms with van der Waals surface area (Å²) in [5.41, 5.74) is 1.34. The molecule has 1 N–H and O–H groups in total. The van der Waals surface area contributed by atoms with E-state index in [1.54, 1.807) is 18.2 Å². The van der Waals surface area contributed by atoms with Crippen LogP contribution in [0.3, 0.4) is 0 Å². The predicted molar refractivity (Wildman–Crippen MR) is 88.6 cm³/mol. The second-order valence-electron chi connectivity index (χ2n) is 5.45. The Morgan fingerprint density at radius 2 is 2.36 bits per heavy atom. The highest BCUT2D eigenvalue weighted by atomic mass is 32.2. The van der Waals surface area contributed by atoms with Crippen LogP contribution in [-0.4, -0.2) is 30.1 Å². The number of benzene rings is 1. The average Bonchev–Trinajstić information content (AvgIpc) is 2.99. The van der Waals surface area contributed by atoms with Gasteiger partial charge < -0.3 is 4.74 Å². The smallest absolute Gasteiger partial charge is 0.327 e. The molecular formula is C17H22N2O2S. The molecule has 0 heterocycles. The van der Waals surface area contributed by atoms with Gasteiger partial charge in [-0.25, -0.2) is 4.79 Å². The van der Waals surface area contributed by atoms with Gasteiger partial charge in [0.2, 0.25) is 0 Å². The second-order valence-corrected chi connectivity index (χ2v) is 7.02. The topological polar surface area (TPSA) is 62.1 Å². The Kier molecular flexibility index (Phi) is 6.29. The third kappa shape index (κ3) is 4.25. The summed E-state index contributed by atoms with van der Waals surface area (Å²) >= 11 is 1.99. The molecule has 4 nitrogen and oxygen atoms in total. The molecule has 0 aromatic heterocycles. The van der Waals surface area contributed by atoms with Crippen molar-refractivity contribution in [3.8, 4) is 6.07 Å². The number of hydrogen-bond donors (Lipinski definition) is 1. The molecule has 0 amide bonds. The summed E-state index contributed by atoms with van der Waals surface area (Å²) < 4.78 is 4.94. The van der Waals surface area contributed by atoms with Crippen LogP contribution in [0.25, 0.3) is 0 Å². The number of carbonyl (C=O) groups is 1. The number of nitrogens with one attached hydrogen (secondary N) is 1. The quantitative estimate of drug-likeness (QED) is 0.817. The number of ether oxygens (including phenoxy) is 1. The van der Waals surface area contributed by atoms with Crippen molar-refractivity contribution >= 4 is 17.7 Å². The lowest BCUT2D eigenvalue weighted by molar-refractivity contribution is -0.143. The van der Waals surface area contributed by atoms with Crippen LogP contribution in [0.1, 0.15) is 43.4 Å². The summed E-state index contributed by atoms with van der Waals surface area (Å²) in [6, 6.07) is 9.08. The van der Waals surface area contributed by atoms with E-state index in [9.17, 15) is 4.79 Å². The van der Waals surface area contributed by atoms with Gasteiger partial charge in [-0.15, -0.1) is 0 Å². The first-order valence-corrected chi connectivity index (χ1v) is 8.68. The van der Waals surface area contributed by atoms with E-state index >= 15 is 0 Å². The molecule has 1 aromatic carbocycles. The average molecular weight is 318 g/mol. The molecule has 118 valence electrons. The van der Waals surface area contributed by atoms with Crippen molar-refractivity contribution in [1.82, 2.24) is 5.32 Å². The first-order valence-electron chi connectivity index (χ1n) is 7.63. The van der Waals surface area contributed by atoms with Crippen LogP contribution in [0.2, 0.25) is 0 Å². The zero-order valence-corrected chi connectivity index (χ0v) is 13.9. The van der Waals surface area contributed by atoms with Gasteiger partial charge in [-0.1, -0.05) is 19.1 Å². The molecule has 0 aliphatic heterocycles. The number of rotatable bonds is 6. The first kappa shape index (κ1) is 16.9.